The molecule has 1 aromatic rings. The van der Waals surface area contributed by atoms with Gasteiger partial charge in [0, 0.05) is 21.9 Å². The molecule has 1 aromatic carbocycles. The zero-order valence-corrected chi connectivity index (χ0v) is 9.23. The van der Waals surface area contributed by atoms with Crippen molar-refractivity contribution in [2.75, 3.05) is 0 Å². The number of hydrogen-bond donors (Lipinski definition) is 2. The summed E-state index contributed by atoms with van der Waals surface area (Å²) in [6, 6.07) is 5.54. The number of rotatable bonds is 1. The van der Waals surface area contributed by atoms with Gasteiger partial charge in [-0.1, -0.05) is 23.4 Å². The molecule has 0 aliphatic carbocycles. The van der Waals surface area contributed by atoms with Crippen molar-refractivity contribution in [1.82, 2.24) is 5.32 Å². The summed E-state index contributed by atoms with van der Waals surface area (Å²) in [5.41, 5.74) is 1.23. The first kappa shape index (κ1) is 10.4. The molecular weight excluding hydrogens is 234 g/mol. The largest absolute Gasteiger partial charge is 0.477 e. The van der Waals surface area contributed by atoms with Gasteiger partial charge in [0.05, 0.1) is 0 Å². The Labute approximate surface area is 96.1 Å². The highest BCUT2D eigenvalue weighted by atomic mass is 35.5. The molecule has 0 spiro atoms. The molecule has 0 unspecified atom stereocenters. The topological polar surface area (TPSA) is 49.3 Å². The van der Waals surface area contributed by atoms with E-state index in [9.17, 15) is 4.79 Å². The fourth-order valence-corrected chi connectivity index (χ4v) is 2.33. The lowest BCUT2D eigenvalue weighted by Crippen LogP contribution is -2.18. The fourth-order valence-electron chi connectivity index (χ4n) is 1.28. The minimum absolute atomic E-state index is 0.215. The van der Waals surface area contributed by atoms with Gasteiger partial charge in [0.25, 0.3) is 0 Å². The van der Waals surface area contributed by atoms with Gasteiger partial charge in [0.2, 0.25) is 0 Å². The zero-order valence-electron chi connectivity index (χ0n) is 7.66. The monoisotopic (exact) mass is 241 g/mol. The zero-order chi connectivity index (χ0) is 10.8. The van der Waals surface area contributed by atoms with Crippen molar-refractivity contribution in [2.45, 2.75) is 11.4 Å². The van der Waals surface area contributed by atoms with Crippen molar-refractivity contribution in [3.05, 3.63) is 39.9 Å². The first-order valence-electron chi connectivity index (χ1n) is 4.29. The highest BCUT2D eigenvalue weighted by Crippen LogP contribution is 2.29. The molecule has 0 fully saturated rings. The summed E-state index contributed by atoms with van der Waals surface area (Å²) >= 11 is 7.25. The highest BCUT2D eigenvalue weighted by Gasteiger charge is 2.13. The molecule has 78 valence electrons. The SMILES string of the molecule is O=C(O)C1=CSc2ccc(Cl)cc2CN1. The van der Waals surface area contributed by atoms with Crippen LogP contribution in [-0.2, 0) is 11.3 Å². The van der Waals surface area contributed by atoms with Crippen molar-refractivity contribution in [3.8, 4) is 0 Å². The molecule has 0 amide bonds. The van der Waals surface area contributed by atoms with Gasteiger partial charge in [0.1, 0.15) is 5.70 Å². The molecule has 2 N–H and O–H groups in total. The van der Waals surface area contributed by atoms with Gasteiger partial charge in [-0.2, -0.15) is 0 Å². The van der Waals surface area contributed by atoms with Gasteiger partial charge in [-0.25, -0.2) is 4.79 Å². The molecule has 1 aliphatic heterocycles. The van der Waals surface area contributed by atoms with Crippen LogP contribution < -0.4 is 5.32 Å². The van der Waals surface area contributed by atoms with Crippen LogP contribution in [0.3, 0.4) is 0 Å². The van der Waals surface area contributed by atoms with Gasteiger partial charge in [-0.15, -0.1) is 0 Å². The van der Waals surface area contributed by atoms with Crippen LogP contribution in [0, 0.1) is 0 Å². The van der Waals surface area contributed by atoms with Crippen LogP contribution in [0.25, 0.3) is 0 Å². The predicted octanol–water partition coefficient (Wildman–Crippen LogP) is 2.46. The maximum absolute atomic E-state index is 10.8. The normalized spacial score (nSPS) is 14.6. The second-order valence-electron chi connectivity index (χ2n) is 3.06. The van der Waals surface area contributed by atoms with Gasteiger partial charge >= 0.3 is 5.97 Å². The quantitative estimate of drug-likeness (QED) is 0.793. The van der Waals surface area contributed by atoms with Gasteiger partial charge in [-0.05, 0) is 23.8 Å². The number of carboxylic acids is 1. The summed E-state index contributed by atoms with van der Waals surface area (Å²) < 4.78 is 0. The Morgan fingerprint density at radius 1 is 1.53 bits per heavy atom. The third-order valence-electron chi connectivity index (χ3n) is 2.03. The van der Waals surface area contributed by atoms with E-state index in [1.165, 1.54) is 11.8 Å². The minimum Gasteiger partial charge on any atom is -0.477 e. The average molecular weight is 242 g/mol. The van der Waals surface area contributed by atoms with Crippen molar-refractivity contribution in [3.63, 3.8) is 0 Å². The van der Waals surface area contributed by atoms with E-state index in [1.807, 2.05) is 12.1 Å². The lowest BCUT2D eigenvalue weighted by Gasteiger charge is -2.05. The van der Waals surface area contributed by atoms with E-state index in [-0.39, 0.29) is 5.70 Å². The van der Waals surface area contributed by atoms with E-state index in [0.29, 0.717) is 11.6 Å². The number of hydrogen-bond acceptors (Lipinski definition) is 3. The van der Waals surface area contributed by atoms with Gasteiger partial charge in [-0.3, -0.25) is 0 Å². The molecule has 2 rings (SSSR count). The first-order chi connectivity index (χ1) is 7.16. The smallest absolute Gasteiger partial charge is 0.352 e. The number of halogens is 1. The second-order valence-corrected chi connectivity index (χ2v) is 4.41. The van der Waals surface area contributed by atoms with Crippen LogP contribution in [0.1, 0.15) is 5.56 Å². The Morgan fingerprint density at radius 3 is 3.07 bits per heavy atom. The van der Waals surface area contributed by atoms with Crippen LogP contribution >= 0.6 is 23.4 Å². The highest BCUT2D eigenvalue weighted by molar-refractivity contribution is 8.02. The molecule has 15 heavy (non-hydrogen) atoms. The number of thioether (sulfide) groups is 1. The number of benzene rings is 1. The molecule has 0 radical (unpaired) electrons. The maximum Gasteiger partial charge on any atom is 0.352 e. The third-order valence-corrected chi connectivity index (χ3v) is 3.27. The lowest BCUT2D eigenvalue weighted by atomic mass is 10.2. The maximum atomic E-state index is 10.8. The van der Waals surface area contributed by atoms with Crippen LogP contribution in [0.5, 0.6) is 0 Å². The second kappa shape index (κ2) is 4.16. The average Bonchev–Trinajstić information content (AvgIpc) is 2.39. The summed E-state index contributed by atoms with van der Waals surface area (Å²) in [6.07, 6.45) is 0. The van der Waals surface area contributed by atoms with Crippen LogP contribution in [0.2, 0.25) is 5.02 Å². The molecule has 3 nitrogen and oxygen atoms in total. The van der Waals surface area contributed by atoms with Crippen LogP contribution in [0.4, 0.5) is 0 Å². The molecule has 0 bridgehead atoms. The van der Waals surface area contributed by atoms with Crippen molar-refractivity contribution < 1.29 is 9.90 Å². The standard InChI is InChI=1S/C10H8ClNO2S/c11-7-1-2-9-6(3-7)4-12-8(5-15-9)10(13)14/h1-3,5,12H,4H2,(H,13,14). The molecule has 0 atom stereocenters. The van der Waals surface area contributed by atoms with E-state index >= 15 is 0 Å². The summed E-state index contributed by atoms with van der Waals surface area (Å²) in [4.78, 5) is 11.8. The first-order valence-corrected chi connectivity index (χ1v) is 5.55. The number of aliphatic carboxylic acids is 1. The Morgan fingerprint density at radius 2 is 2.33 bits per heavy atom. The van der Waals surface area contributed by atoms with Crippen molar-refractivity contribution >= 4 is 29.3 Å². The van der Waals surface area contributed by atoms with E-state index in [2.05, 4.69) is 5.32 Å². The molecule has 5 heteroatoms. The number of carboxylic acid groups (broad SMARTS) is 1. The van der Waals surface area contributed by atoms with Gasteiger partial charge in [0.15, 0.2) is 0 Å². The molecule has 1 aliphatic rings. The molecule has 0 saturated heterocycles. The number of nitrogens with one attached hydrogen (secondary N) is 1. The summed E-state index contributed by atoms with van der Waals surface area (Å²) in [6.45, 7) is 0.487. The Balaban J connectivity index is 2.30. The Kier molecular flexibility index (Phi) is 2.88. The number of carbonyl (C=O) groups is 1. The Hall–Kier alpha value is -1.13. The third kappa shape index (κ3) is 2.27. The molecule has 0 saturated carbocycles. The lowest BCUT2D eigenvalue weighted by molar-refractivity contribution is -0.133. The summed E-state index contributed by atoms with van der Waals surface area (Å²) in [5.74, 6) is -0.943. The van der Waals surface area contributed by atoms with Crippen molar-refractivity contribution in [2.24, 2.45) is 0 Å². The molecular formula is C10H8ClNO2S. The van der Waals surface area contributed by atoms with E-state index < -0.39 is 5.97 Å². The molecule has 0 aromatic heterocycles. The van der Waals surface area contributed by atoms with Crippen LogP contribution in [0.15, 0.2) is 34.2 Å². The van der Waals surface area contributed by atoms with E-state index in [1.54, 1.807) is 11.5 Å². The van der Waals surface area contributed by atoms with Crippen LogP contribution in [-0.4, -0.2) is 11.1 Å². The number of fused-ring (bicyclic) bond motifs is 1. The molecule has 1 heterocycles. The van der Waals surface area contributed by atoms with Crippen molar-refractivity contribution in [1.29, 1.82) is 0 Å². The predicted molar refractivity (Wildman–Crippen MR) is 59.9 cm³/mol. The summed E-state index contributed by atoms with van der Waals surface area (Å²) in [7, 11) is 0. The van der Waals surface area contributed by atoms with E-state index in [0.717, 1.165) is 10.5 Å². The Bertz CT molecular complexity index is 445. The van der Waals surface area contributed by atoms with E-state index in [4.69, 9.17) is 16.7 Å². The van der Waals surface area contributed by atoms with Gasteiger partial charge < -0.3 is 10.4 Å². The minimum atomic E-state index is -0.943. The summed E-state index contributed by atoms with van der Waals surface area (Å²) in [5, 5.41) is 13.9. The fraction of sp³-hybridized carbons (Fsp3) is 0.100.